The Morgan fingerprint density at radius 1 is 1.08 bits per heavy atom. The molecule has 2 saturated heterocycles. The predicted molar refractivity (Wildman–Crippen MR) is 101 cm³/mol. The first-order chi connectivity index (χ1) is 12.3. The molecule has 2 fully saturated rings. The average Bonchev–Trinajstić information content (AvgIpc) is 3.34. The molecule has 3 aliphatic rings. The number of carbonyl (C=O) groups is 1. The third kappa shape index (κ3) is 3.93. The van der Waals surface area contributed by atoms with E-state index in [0.29, 0.717) is 6.54 Å². The summed E-state index contributed by atoms with van der Waals surface area (Å²) in [5.74, 6) is 1.11. The van der Waals surface area contributed by atoms with Crippen LogP contribution in [0.1, 0.15) is 31.5 Å². The maximum atomic E-state index is 12.4. The van der Waals surface area contributed by atoms with E-state index in [2.05, 4.69) is 32.4 Å². The molecule has 3 heterocycles. The van der Waals surface area contributed by atoms with Crippen molar-refractivity contribution < 1.29 is 4.79 Å². The van der Waals surface area contributed by atoms with E-state index in [1.165, 1.54) is 24.4 Å². The number of hydrogen-bond donors (Lipinski definition) is 0. The number of anilines is 1. The van der Waals surface area contributed by atoms with Crippen LogP contribution >= 0.6 is 11.5 Å². The van der Waals surface area contributed by atoms with Crippen molar-refractivity contribution in [1.29, 1.82) is 0 Å². The number of carbonyl (C=O) groups excluding carboxylic acids is 1. The molecule has 7 heteroatoms. The smallest absolute Gasteiger partial charge is 0.236 e. The van der Waals surface area contributed by atoms with Crippen LogP contribution in [-0.4, -0.2) is 70.9 Å². The molecule has 0 aromatic carbocycles. The Morgan fingerprint density at radius 2 is 1.88 bits per heavy atom. The van der Waals surface area contributed by atoms with Crippen LogP contribution in [0.3, 0.4) is 0 Å². The summed E-state index contributed by atoms with van der Waals surface area (Å²) in [5, 5.41) is 0.974. The Balaban J connectivity index is 1.31. The fourth-order valence-corrected chi connectivity index (χ4v) is 4.36. The van der Waals surface area contributed by atoms with Gasteiger partial charge in [-0.1, -0.05) is 18.2 Å². The van der Waals surface area contributed by atoms with Crippen molar-refractivity contribution in [2.24, 2.45) is 0 Å². The zero-order valence-corrected chi connectivity index (χ0v) is 15.4. The fourth-order valence-electron chi connectivity index (χ4n) is 3.62. The van der Waals surface area contributed by atoms with E-state index in [1.54, 1.807) is 0 Å². The quantitative estimate of drug-likeness (QED) is 0.823. The van der Waals surface area contributed by atoms with Crippen LogP contribution in [0.25, 0.3) is 5.57 Å². The van der Waals surface area contributed by atoms with Gasteiger partial charge in [-0.2, -0.15) is 9.36 Å². The molecule has 25 heavy (non-hydrogen) atoms. The molecule has 1 aliphatic carbocycles. The molecule has 1 amide bonds. The van der Waals surface area contributed by atoms with E-state index in [4.69, 9.17) is 4.98 Å². The summed E-state index contributed by atoms with van der Waals surface area (Å²) in [6.07, 6.45) is 11.1. The van der Waals surface area contributed by atoms with Crippen molar-refractivity contribution >= 4 is 28.1 Å². The summed E-state index contributed by atoms with van der Waals surface area (Å²) in [4.78, 5) is 23.7. The highest BCUT2D eigenvalue weighted by Gasteiger charge is 2.25. The van der Waals surface area contributed by atoms with Crippen molar-refractivity contribution in [3.05, 3.63) is 24.1 Å². The van der Waals surface area contributed by atoms with Gasteiger partial charge in [0, 0.05) is 43.3 Å². The second-order valence-corrected chi connectivity index (χ2v) is 7.62. The van der Waals surface area contributed by atoms with E-state index >= 15 is 0 Å². The summed E-state index contributed by atoms with van der Waals surface area (Å²) < 4.78 is 4.52. The average molecular weight is 359 g/mol. The fraction of sp³-hybridized carbons (Fsp3) is 0.611. The first-order valence-corrected chi connectivity index (χ1v) is 10.0. The topological polar surface area (TPSA) is 52.6 Å². The number of rotatable bonds is 4. The Morgan fingerprint density at radius 3 is 2.60 bits per heavy atom. The Kier molecular flexibility index (Phi) is 5.12. The van der Waals surface area contributed by atoms with Gasteiger partial charge >= 0.3 is 0 Å². The lowest BCUT2D eigenvalue weighted by Crippen LogP contribution is -2.51. The Labute approximate surface area is 153 Å². The Bertz CT molecular complexity index is 669. The largest absolute Gasteiger partial charge is 0.343 e. The van der Waals surface area contributed by atoms with Crippen LogP contribution in [0, 0.1) is 0 Å². The summed E-state index contributed by atoms with van der Waals surface area (Å²) in [7, 11) is 0. The molecule has 6 nitrogen and oxygen atoms in total. The highest BCUT2D eigenvalue weighted by molar-refractivity contribution is 7.09. The minimum Gasteiger partial charge on any atom is -0.343 e. The van der Waals surface area contributed by atoms with Crippen LogP contribution in [0.15, 0.2) is 18.2 Å². The number of amides is 1. The maximum Gasteiger partial charge on any atom is 0.236 e. The molecule has 0 bridgehead atoms. The van der Waals surface area contributed by atoms with Gasteiger partial charge in [-0.15, -0.1) is 0 Å². The highest BCUT2D eigenvalue weighted by Crippen LogP contribution is 2.25. The highest BCUT2D eigenvalue weighted by atomic mass is 32.1. The summed E-state index contributed by atoms with van der Waals surface area (Å²) in [5.41, 5.74) is 1.13. The molecule has 0 spiro atoms. The first kappa shape index (κ1) is 16.7. The van der Waals surface area contributed by atoms with E-state index in [9.17, 15) is 4.79 Å². The van der Waals surface area contributed by atoms with Gasteiger partial charge in [0.1, 0.15) is 0 Å². The van der Waals surface area contributed by atoms with E-state index < -0.39 is 0 Å². The van der Waals surface area contributed by atoms with Crippen LogP contribution < -0.4 is 4.90 Å². The SMILES string of the molecule is O=C(CN1CCCC1)N1CCN(c2nc(C3=CCCC=C3)ns2)CC1. The van der Waals surface area contributed by atoms with Crippen LogP contribution in [0.2, 0.25) is 0 Å². The van der Waals surface area contributed by atoms with Crippen LogP contribution in [0.5, 0.6) is 0 Å². The second-order valence-electron chi connectivity index (χ2n) is 6.89. The third-order valence-corrected chi connectivity index (χ3v) is 5.91. The van der Waals surface area contributed by atoms with Gasteiger partial charge in [0.15, 0.2) is 5.82 Å². The van der Waals surface area contributed by atoms with Crippen molar-refractivity contribution in [2.45, 2.75) is 25.7 Å². The molecule has 0 atom stereocenters. The molecule has 1 aromatic rings. The molecule has 0 radical (unpaired) electrons. The van der Waals surface area contributed by atoms with Gasteiger partial charge in [-0.05, 0) is 38.8 Å². The molecular weight excluding hydrogens is 334 g/mol. The number of piperazine rings is 1. The lowest BCUT2D eigenvalue weighted by molar-refractivity contribution is -0.132. The minimum atomic E-state index is 0.275. The molecule has 2 aliphatic heterocycles. The molecule has 0 saturated carbocycles. The van der Waals surface area contributed by atoms with Crippen LogP contribution in [-0.2, 0) is 4.79 Å². The van der Waals surface area contributed by atoms with E-state index in [1.807, 2.05) is 4.90 Å². The number of likely N-dealkylation sites (tertiary alicyclic amines) is 1. The van der Waals surface area contributed by atoms with Gasteiger partial charge in [-0.25, -0.2) is 0 Å². The van der Waals surface area contributed by atoms with Crippen molar-refractivity contribution in [1.82, 2.24) is 19.2 Å². The molecular formula is C18H25N5OS. The molecule has 0 N–H and O–H groups in total. The number of allylic oxidation sites excluding steroid dienone is 4. The number of aromatic nitrogens is 2. The number of nitrogens with zero attached hydrogens (tertiary/aromatic N) is 5. The molecule has 4 rings (SSSR count). The van der Waals surface area contributed by atoms with Gasteiger partial charge in [0.25, 0.3) is 0 Å². The van der Waals surface area contributed by atoms with Gasteiger partial charge in [0.05, 0.1) is 6.54 Å². The molecule has 0 unspecified atom stereocenters. The second kappa shape index (κ2) is 7.66. The third-order valence-electron chi connectivity index (χ3n) is 5.13. The van der Waals surface area contributed by atoms with Gasteiger partial charge in [-0.3, -0.25) is 9.69 Å². The summed E-state index contributed by atoms with van der Waals surface area (Å²) >= 11 is 1.46. The minimum absolute atomic E-state index is 0.275. The number of hydrogen-bond acceptors (Lipinski definition) is 6. The monoisotopic (exact) mass is 359 g/mol. The molecule has 134 valence electrons. The molecule has 1 aromatic heterocycles. The van der Waals surface area contributed by atoms with E-state index in [-0.39, 0.29) is 5.91 Å². The van der Waals surface area contributed by atoms with Crippen molar-refractivity contribution in [3.63, 3.8) is 0 Å². The zero-order valence-electron chi connectivity index (χ0n) is 14.6. The van der Waals surface area contributed by atoms with E-state index in [0.717, 1.165) is 68.6 Å². The van der Waals surface area contributed by atoms with Crippen molar-refractivity contribution in [3.8, 4) is 0 Å². The van der Waals surface area contributed by atoms with Crippen molar-refractivity contribution in [2.75, 3.05) is 50.7 Å². The van der Waals surface area contributed by atoms with Crippen LogP contribution in [0.4, 0.5) is 5.13 Å². The van der Waals surface area contributed by atoms with Gasteiger partial charge < -0.3 is 9.80 Å². The lowest BCUT2D eigenvalue weighted by atomic mass is 10.1. The van der Waals surface area contributed by atoms with Gasteiger partial charge in [0.2, 0.25) is 11.0 Å². The maximum absolute atomic E-state index is 12.4. The first-order valence-electron chi connectivity index (χ1n) is 9.25. The standard InChI is InChI=1S/C18H25N5OS/c24-16(14-21-8-4-5-9-21)22-10-12-23(13-11-22)18-19-17(20-25-18)15-6-2-1-3-7-15/h2,6-7H,1,3-5,8-14H2. The lowest BCUT2D eigenvalue weighted by Gasteiger charge is -2.35. The predicted octanol–water partition coefficient (Wildman–Crippen LogP) is 2.02. The zero-order chi connectivity index (χ0) is 17.1. The summed E-state index contributed by atoms with van der Waals surface area (Å²) in [6, 6.07) is 0. The normalized spacial score (nSPS) is 21.7. The summed E-state index contributed by atoms with van der Waals surface area (Å²) in [6.45, 7) is 5.98. The Hall–Kier alpha value is -1.73.